The molecule has 1 unspecified atom stereocenters. The van der Waals surface area contributed by atoms with Crippen molar-refractivity contribution in [2.75, 3.05) is 45.9 Å². The molecule has 0 bridgehead atoms. The molecule has 2 aliphatic rings. The lowest BCUT2D eigenvalue weighted by molar-refractivity contribution is -0.0361. The van der Waals surface area contributed by atoms with Gasteiger partial charge in [-0.05, 0) is 50.7 Å². The van der Waals surface area contributed by atoms with Gasteiger partial charge in [-0.25, -0.2) is 0 Å². The maximum absolute atomic E-state index is 5.84. The van der Waals surface area contributed by atoms with E-state index in [0.29, 0.717) is 10.8 Å². The molecule has 2 fully saturated rings. The zero-order valence-electron chi connectivity index (χ0n) is 14.5. The van der Waals surface area contributed by atoms with Crippen molar-refractivity contribution >= 4 is 0 Å². The smallest absolute Gasteiger partial charge is 0.0546 e. The van der Waals surface area contributed by atoms with E-state index in [2.05, 4.69) is 31.0 Å². The minimum Gasteiger partial charge on any atom is -0.381 e. The van der Waals surface area contributed by atoms with Crippen LogP contribution >= 0.6 is 0 Å². The van der Waals surface area contributed by atoms with Gasteiger partial charge in [0.15, 0.2) is 0 Å². The number of hydrogen-bond acceptors (Lipinski definition) is 3. The third kappa shape index (κ3) is 4.43. The Kier molecular flexibility index (Phi) is 6.51. The van der Waals surface area contributed by atoms with E-state index < -0.39 is 0 Å². The Bertz CT molecular complexity index is 286. The molecule has 2 rings (SSSR count). The van der Waals surface area contributed by atoms with Crippen molar-refractivity contribution in [3.05, 3.63) is 0 Å². The van der Waals surface area contributed by atoms with Crippen LogP contribution in [-0.4, -0.2) is 50.8 Å². The highest BCUT2D eigenvalue weighted by molar-refractivity contribution is 4.91. The van der Waals surface area contributed by atoms with E-state index in [-0.39, 0.29) is 0 Å². The van der Waals surface area contributed by atoms with Crippen LogP contribution in [0.5, 0.6) is 0 Å². The SMILES string of the molecule is CCNCC1(CN2CCC(CC)(CC)CC2)CCCOC1. The molecule has 0 aromatic carbocycles. The van der Waals surface area contributed by atoms with Gasteiger partial charge in [-0.2, -0.15) is 0 Å². The van der Waals surface area contributed by atoms with Crippen molar-refractivity contribution in [3.63, 3.8) is 0 Å². The van der Waals surface area contributed by atoms with E-state index in [0.717, 1.165) is 26.3 Å². The van der Waals surface area contributed by atoms with Crippen molar-refractivity contribution in [2.45, 2.75) is 59.3 Å². The molecule has 2 heterocycles. The molecular formula is C18H36N2O. The fourth-order valence-electron chi connectivity index (χ4n) is 4.24. The van der Waals surface area contributed by atoms with Gasteiger partial charge in [0.1, 0.15) is 0 Å². The van der Waals surface area contributed by atoms with E-state index >= 15 is 0 Å². The zero-order chi connectivity index (χ0) is 15.2. The molecule has 0 aliphatic carbocycles. The first-order chi connectivity index (χ1) is 10.2. The Labute approximate surface area is 131 Å². The molecule has 1 N–H and O–H groups in total. The van der Waals surface area contributed by atoms with Crippen LogP contribution in [0.3, 0.4) is 0 Å². The summed E-state index contributed by atoms with van der Waals surface area (Å²) in [5.41, 5.74) is 0.987. The lowest BCUT2D eigenvalue weighted by Gasteiger charge is -2.46. The van der Waals surface area contributed by atoms with Crippen LogP contribution in [0, 0.1) is 10.8 Å². The number of nitrogens with zero attached hydrogens (tertiary/aromatic N) is 1. The Balaban J connectivity index is 1.89. The van der Waals surface area contributed by atoms with Crippen molar-refractivity contribution in [1.29, 1.82) is 0 Å². The number of rotatable bonds is 7. The lowest BCUT2D eigenvalue weighted by atomic mass is 9.73. The second-order valence-electron chi connectivity index (χ2n) is 7.42. The molecule has 0 aromatic rings. The maximum atomic E-state index is 5.84. The third-order valence-corrected chi connectivity index (χ3v) is 6.13. The topological polar surface area (TPSA) is 24.5 Å². The Morgan fingerprint density at radius 1 is 1.00 bits per heavy atom. The summed E-state index contributed by atoms with van der Waals surface area (Å²) < 4.78 is 5.84. The summed E-state index contributed by atoms with van der Waals surface area (Å²) in [7, 11) is 0. The molecule has 3 heteroatoms. The van der Waals surface area contributed by atoms with Gasteiger partial charge in [0.05, 0.1) is 6.61 Å². The lowest BCUT2D eigenvalue weighted by Crippen LogP contribution is -2.51. The van der Waals surface area contributed by atoms with E-state index in [4.69, 9.17) is 4.74 Å². The average Bonchev–Trinajstić information content (AvgIpc) is 2.55. The highest BCUT2D eigenvalue weighted by Crippen LogP contribution is 2.39. The number of ether oxygens (including phenoxy) is 1. The van der Waals surface area contributed by atoms with Gasteiger partial charge < -0.3 is 15.0 Å². The summed E-state index contributed by atoms with van der Waals surface area (Å²) in [6.07, 6.45) is 8.03. The molecule has 0 saturated carbocycles. The first-order valence-corrected chi connectivity index (χ1v) is 9.18. The van der Waals surface area contributed by atoms with Gasteiger partial charge in [-0.1, -0.05) is 33.6 Å². The van der Waals surface area contributed by atoms with Crippen molar-refractivity contribution in [2.24, 2.45) is 10.8 Å². The molecule has 0 spiro atoms. The third-order valence-electron chi connectivity index (χ3n) is 6.13. The largest absolute Gasteiger partial charge is 0.381 e. The Morgan fingerprint density at radius 2 is 1.71 bits per heavy atom. The summed E-state index contributed by atoms with van der Waals surface area (Å²) in [4.78, 5) is 2.72. The molecule has 124 valence electrons. The van der Waals surface area contributed by atoms with E-state index in [1.165, 1.54) is 58.2 Å². The molecule has 1 atom stereocenters. The van der Waals surface area contributed by atoms with Crippen molar-refractivity contribution < 1.29 is 4.74 Å². The maximum Gasteiger partial charge on any atom is 0.0546 e. The van der Waals surface area contributed by atoms with Crippen LogP contribution in [0.4, 0.5) is 0 Å². The number of nitrogens with one attached hydrogen (secondary N) is 1. The average molecular weight is 296 g/mol. The zero-order valence-corrected chi connectivity index (χ0v) is 14.5. The second-order valence-corrected chi connectivity index (χ2v) is 7.42. The van der Waals surface area contributed by atoms with Crippen LogP contribution in [0.15, 0.2) is 0 Å². The molecule has 2 aliphatic heterocycles. The fraction of sp³-hybridized carbons (Fsp3) is 1.00. The van der Waals surface area contributed by atoms with Gasteiger partial charge in [0, 0.05) is 25.1 Å². The summed E-state index contributed by atoms with van der Waals surface area (Å²) in [5.74, 6) is 0. The molecule has 0 radical (unpaired) electrons. The van der Waals surface area contributed by atoms with Crippen LogP contribution in [0.2, 0.25) is 0 Å². The Hall–Kier alpha value is -0.120. The summed E-state index contributed by atoms with van der Waals surface area (Å²) >= 11 is 0. The number of piperidine rings is 1. The van der Waals surface area contributed by atoms with Gasteiger partial charge in [-0.15, -0.1) is 0 Å². The molecule has 0 amide bonds. The molecule has 3 nitrogen and oxygen atoms in total. The number of hydrogen-bond donors (Lipinski definition) is 1. The van der Waals surface area contributed by atoms with Crippen molar-refractivity contribution in [3.8, 4) is 0 Å². The van der Waals surface area contributed by atoms with Crippen molar-refractivity contribution in [1.82, 2.24) is 10.2 Å². The second kappa shape index (κ2) is 7.94. The monoisotopic (exact) mass is 296 g/mol. The first kappa shape index (κ1) is 17.2. The molecule has 2 saturated heterocycles. The summed E-state index contributed by atoms with van der Waals surface area (Å²) in [5, 5.41) is 3.58. The van der Waals surface area contributed by atoms with Crippen LogP contribution < -0.4 is 5.32 Å². The first-order valence-electron chi connectivity index (χ1n) is 9.18. The molecule has 0 aromatic heterocycles. The Morgan fingerprint density at radius 3 is 2.24 bits per heavy atom. The van der Waals surface area contributed by atoms with E-state index in [1.807, 2.05) is 0 Å². The predicted molar refractivity (Wildman–Crippen MR) is 89.7 cm³/mol. The number of likely N-dealkylation sites (tertiary alicyclic amines) is 1. The predicted octanol–water partition coefficient (Wildman–Crippen LogP) is 3.29. The highest BCUT2D eigenvalue weighted by Gasteiger charge is 2.37. The van der Waals surface area contributed by atoms with Crippen LogP contribution in [0.1, 0.15) is 59.3 Å². The minimum absolute atomic E-state index is 0.354. The highest BCUT2D eigenvalue weighted by atomic mass is 16.5. The summed E-state index contributed by atoms with van der Waals surface area (Å²) in [6, 6.07) is 0. The van der Waals surface area contributed by atoms with Gasteiger partial charge >= 0.3 is 0 Å². The minimum atomic E-state index is 0.354. The van der Waals surface area contributed by atoms with Gasteiger partial charge in [0.25, 0.3) is 0 Å². The quantitative estimate of drug-likeness (QED) is 0.780. The van der Waals surface area contributed by atoms with Gasteiger partial charge in [0.2, 0.25) is 0 Å². The van der Waals surface area contributed by atoms with Gasteiger partial charge in [-0.3, -0.25) is 0 Å². The fourth-order valence-corrected chi connectivity index (χ4v) is 4.24. The molecular weight excluding hydrogens is 260 g/mol. The normalized spacial score (nSPS) is 30.4. The van der Waals surface area contributed by atoms with E-state index in [1.54, 1.807) is 0 Å². The summed E-state index contributed by atoms with van der Waals surface area (Å²) in [6.45, 7) is 14.8. The standard InChI is InChI=1S/C18H36N2O/c1-4-17(5-2)9-11-20(12-10-17)15-18(14-19-6-3)8-7-13-21-16-18/h19H,4-16H2,1-3H3. The van der Waals surface area contributed by atoms with E-state index in [9.17, 15) is 0 Å². The van der Waals surface area contributed by atoms with Crippen LogP contribution in [-0.2, 0) is 4.74 Å². The van der Waals surface area contributed by atoms with Crippen LogP contribution in [0.25, 0.3) is 0 Å². The molecule has 21 heavy (non-hydrogen) atoms.